The van der Waals surface area contributed by atoms with Gasteiger partial charge in [0.2, 0.25) is 0 Å². The number of aromatic nitrogens is 2. The van der Waals surface area contributed by atoms with Gasteiger partial charge in [0.25, 0.3) is 11.8 Å². The van der Waals surface area contributed by atoms with Crippen LogP contribution in [0.25, 0.3) is 11.6 Å². The van der Waals surface area contributed by atoms with Gasteiger partial charge in [-0.25, -0.2) is 0 Å². The fraction of sp³-hybridized carbons (Fsp3) is 0.0500. The van der Waals surface area contributed by atoms with Crippen LogP contribution >= 0.6 is 0 Å². The molecule has 134 valence electrons. The van der Waals surface area contributed by atoms with Crippen molar-refractivity contribution in [1.82, 2.24) is 9.97 Å². The van der Waals surface area contributed by atoms with Crippen molar-refractivity contribution >= 4 is 34.8 Å². The van der Waals surface area contributed by atoms with Crippen molar-refractivity contribution in [2.24, 2.45) is 0 Å². The molecule has 0 spiro atoms. The second-order valence-electron chi connectivity index (χ2n) is 6.23. The lowest BCUT2D eigenvalue weighted by molar-refractivity contribution is -0.110. The van der Waals surface area contributed by atoms with Crippen LogP contribution in [0.15, 0.2) is 53.7 Å². The highest BCUT2D eigenvalue weighted by atomic mass is 16.2. The number of aromatic amines is 2. The number of rotatable bonds is 3. The summed E-state index contributed by atoms with van der Waals surface area (Å²) in [6.07, 6.45) is 6.47. The third-order valence-corrected chi connectivity index (χ3v) is 4.36. The third-order valence-electron chi connectivity index (χ3n) is 4.36. The SMILES string of the molecule is Cc1c[nH]cc(C(=O)Nc2ccc3c(c2)NC(=O)C3=Cc2ccc[nH]2)c1=O. The summed E-state index contributed by atoms with van der Waals surface area (Å²) in [4.78, 5) is 42.6. The molecule has 0 bridgehead atoms. The molecule has 0 atom stereocenters. The van der Waals surface area contributed by atoms with Crippen LogP contribution in [-0.4, -0.2) is 21.8 Å². The number of pyridine rings is 1. The number of H-pyrrole nitrogens is 2. The highest BCUT2D eigenvalue weighted by Crippen LogP contribution is 2.34. The van der Waals surface area contributed by atoms with E-state index in [1.807, 2.05) is 12.1 Å². The number of carbonyl (C=O) groups is 2. The minimum absolute atomic E-state index is 0.0341. The first-order valence-corrected chi connectivity index (χ1v) is 8.33. The molecule has 2 amide bonds. The molecule has 0 fully saturated rings. The Morgan fingerprint density at radius 1 is 1.15 bits per heavy atom. The molecule has 7 nitrogen and oxygen atoms in total. The Morgan fingerprint density at radius 3 is 2.78 bits per heavy atom. The first-order valence-electron chi connectivity index (χ1n) is 8.33. The molecule has 3 aromatic rings. The van der Waals surface area contributed by atoms with E-state index in [4.69, 9.17) is 0 Å². The summed E-state index contributed by atoms with van der Waals surface area (Å²) >= 11 is 0. The van der Waals surface area contributed by atoms with Crippen LogP contribution in [0.4, 0.5) is 11.4 Å². The maximum Gasteiger partial charge on any atom is 0.261 e. The number of amides is 2. The van der Waals surface area contributed by atoms with Crippen LogP contribution in [0.1, 0.15) is 27.2 Å². The lowest BCUT2D eigenvalue weighted by Gasteiger charge is -2.07. The smallest absolute Gasteiger partial charge is 0.261 e. The molecule has 0 aliphatic carbocycles. The summed E-state index contributed by atoms with van der Waals surface area (Å²) in [6.45, 7) is 1.64. The minimum atomic E-state index is -0.508. The van der Waals surface area contributed by atoms with Crippen LogP contribution < -0.4 is 16.1 Å². The number of anilines is 2. The fourth-order valence-corrected chi connectivity index (χ4v) is 2.97. The number of fused-ring (bicyclic) bond motifs is 1. The van der Waals surface area contributed by atoms with Crippen molar-refractivity contribution in [3.05, 3.63) is 81.5 Å². The Morgan fingerprint density at radius 2 is 2.00 bits per heavy atom. The Kier molecular flexibility index (Phi) is 3.97. The molecule has 1 aliphatic heterocycles. The zero-order valence-electron chi connectivity index (χ0n) is 14.4. The van der Waals surface area contributed by atoms with Crippen LogP contribution in [-0.2, 0) is 4.79 Å². The number of hydrogen-bond acceptors (Lipinski definition) is 3. The van der Waals surface area contributed by atoms with Gasteiger partial charge in [-0.3, -0.25) is 14.4 Å². The van der Waals surface area contributed by atoms with Crippen molar-refractivity contribution in [1.29, 1.82) is 0 Å². The van der Waals surface area contributed by atoms with Crippen molar-refractivity contribution in [2.45, 2.75) is 6.92 Å². The molecule has 27 heavy (non-hydrogen) atoms. The van der Waals surface area contributed by atoms with Gasteiger partial charge in [-0.2, -0.15) is 0 Å². The molecule has 0 saturated carbocycles. The van der Waals surface area contributed by atoms with Gasteiger partial charge in [0.15, 0.2) is 5.43 Å². The van der Waals surface area contributed by atoms with E-state index in [0.717, 1.165) is 11.3 Å². The zero-order chi connectivity index (χ0) is 19.0. The quantitative estimate of drug-likeness (QED) is 0.540. The predicted molar refractivity (Wildman–Crippen MR) is 103 cm³/mol. The first kappa shape index (κ1) is 16.6. The molecule has 4 rings (SSSR count). The molecule has 0 radical (unpaired) electrons. The first-order chi connectivity index (χ1) is 13.0. The van der Waals surface area contributed by atoms with E-state index in [1.165, 1.54) is 6.20 Å². The summed E-state index contributed by atoms with van der Waals surface area (Å²) in [7, 11) is 0. The molecule has 0 saturated heterocycles. The van der Waals surface area contributed by atoms with Crippen LogP contribution in [0.5, 0.6) is 0 Å². The van der Waals surface area contributed by atoms with Crippen molar-refractivity contribution in [3.8, 4) is 0 Å². The van der Waals surface area contributed by atoms with E-state index in [2.05, 4.69) is 20.6 Å². The standard InChI is InChI=1S/C20H16N4O3/c1-11-9-21-10-16(18(11)25)20(27)23-13-4-5-14-15(7-12-3-2-6-22-12)19(26)24-17(14)8-13/h2-10,22H,1H3,(H,21,25)(H,23,27)(H,24,26). The number of nitrogens with one attached hydrogen (secondary N) is 4. The monoisotopic (exact) mass is 360 g/mol. The molecule has 7 heteroatoms. The highest BCUT2D eigenvalue weighted by Gasteiger charge is 2.24. The summed E-state index contributed by atoms with van der Waals surface area (Å²) in [5, 5.41) is 5.49. The molecule has 2 aromatic heterocycles. The number of aryl methyl sites for hydroxylation is 1. The van der Waals surface area contributed by atoms with E-state index >= 15 is 0 Å². The zero-order valence-corrected chi connectivity index (χ0v) is 14.4. The lowest BCUT2D eigenvalue weighted by Crippen LogP contribution is -2.22. The molecule has 0 unspecified atom stereocenters. The van der Waals surface area contributed by atoms with Gasteiger partial charge in [0, 0.05) is 41.1 Å². The molecule has 3 heterocycles. The van der Waals surface area contributed by atoms with E-state index in [-0.39, 0.29) is 16.9 Å². The maximum absolute atomic E-state index is 12.4. The van der Waals surface area contributed by atoms with Crippen molar-refractivity contribution in [2.75, 3.05) is 10.6 Å². The van der Waals surface area contributed by atoms with Gasteiger partial charge in [0.1, 0.15) is 5.56 Å². The number of hydrogen-bond donors (Lipinski definition) is 4. The van der Waals surface area contributed by atoms with E-state index < -0.39 is 5.91 Å². The lowest BCUT2D eigenvalue weighted by atomic mass is 10.1. The topological polar surface area (TPSA) is 107 Å². The van der Waals surface area contributed by atoms with Gasteiger partial charge in [0.05, 0.1) is 11.3 Å². The summed E-state index contributed by atoms with van der Waals surface area (Å²) in [5.41, 5.74) is 3.38. The highest BCUT2D eigenvalue weighted by molar-refractivity contribution is 6.35. The van der Waals surface area contributed by atoms with E-state index in [1.54, 1.807) is 43.6 Å². The van der Waals surface area contributed by atoms with Gasteiger partial charge in [-0.15, -0.1) is 0 Å². The Hall–Kier alpha value is -3.87. The third kappa shape index (κ3) is 3.06. The predicted octanol–water partition coefficient (Wildman–Crippen LogP) is 2.76. The molecule has 1 aromatic carbocycles. The molecular formula is C20H16N4O3. The van der Waals surface area contributed by atoms with Gasteiger partial charge in [-0.1, -0.05) is 6.07 Å². The van der Waals surface area contributed by atoms with Crippen LogP contribution in [0.2, 0.25) is 0 Å². The summed E-state index contributed by atoms with van der Waals surface area (Å²) in [6, 6.07) is 8.85. The summed E-state index contributed by atoms with van der Waals surface area (Å²) < 4.78 is 0. The van der Waals surface area contributed by atoms with Gasteiger partial charge >= 0.3 is 0 Å². The fourth-order valence-electron chi connectivity index (χ4n) is 2.97. The molecular weight excluding hydrogens is 344 g/mol. The molecule has 4 N–H and O–H groups in total. The number of carbonyl (C=O) groups excluding carboxylic acids is 2. The Bertz CT molecular complexity index is 1140. The van der Waals surface area contributed by atoms with E-state index in [0.29, 0.717) is 22.5 Å². The van der Waals surface area contributed by atoms with Crippen molar-refractivity contribution < 1.29 is 9.59 Å². The maximum atomic E-state index is 12.4. The Labute approximate surface area is 154 Å². The average Bonchev–Trinajstić information content (AvgIpc) is 3.25. The average molecular weight is 360 g/mol. The second kappa shape index (κ2) is 6.45. The minimum Gasteiger partial charge on any atom is -0.366 e. The van der Waals surface area contributed by atoms with E-state index in [9.17, 15) is 14.4 Å². The second-order valence-corrected chi connectivity index (χ2v) is 6.23. The van der Waals surface area contributed by atoms with Crippen LogP contribution in [0, 0.1) is 6.92 Å². The Balaban J connectivity index is 1.62. The van der Waals surface area contributed by atoms with Crippen molar-refractivity contribution in [3.63, 3.8) is 0 Å². The largest absolute Gasteiger partial charge is 0.366 e. The normalized spacial score (nSPS) is 14.1. The molecule has 1 aliphatic rings. The summed E-state index contributed by atoms with van der Waals surface area (Å²) in [5.74, 6) is -0.718. The van der Waals surface area contributed by atoms with Gasteiger partial charge < -0.3 is 20.6 Å². The number of benzene rings is 1. The van der Waals surface area contributed by atoms with Crippen LogP contribution in [0.3, 0.4) is 0 Å². The van der Waals surface area contributed by atoms with Gasteiger partial charge in [-0.05, 0) is 37.3 Å².